The van der Waals surface area contributed by atoms with Gasteiger partial charge in [-0.05, 0) is 43.2 Å². The van der Waals surface area contributed by atoms with Crippen LogP contribution in [0.25, 0.3) is 0 Å². The summed E-state index contributed by atoms with van der Waals surface area (Å²) in [6, 6.07) is 14.4. The number of para-hydroxylation sites is 1. The van der Waals surface area contributed by atoms with Crippen molar-refractivity contribution in [1.82, 2.24) is 4.90 Å². The lowest BCUT2D eigenvalue weighted by Gasteiger charge is -2.43. The first-order chi connectivity index (χ1) is 11.1. The Hall–Kier alpha value is -1.55. The molecule has 1 saturated heterocycles. The molecule has 0 aromatic heterocycles. The molecule has 2 unspecified atom stereocenters. The third-order valence-corrected chi connectivity index (χ3v) is 4.77. The number of benzene rings is 2. The largest absolute Gasteiger partial charge is 0.425 e. The maximum Gasteiger partial charge on any atom is 0.328 e. The van der Waals surface area contributed by atoms with E-state index >= 15 is 0 Å². The van der Waals surface area contributed by atoms with Crippen LogP contribution in [0.3, 0.4) is 0 Å². The van der Waals surface area contributed by atoms with Crippen LogP contribution in [0.4, 0.5) is 0 Å². The van der Waals surface area contributed by atoms with Crippen molar-refractivity contribution in [2.75, 3.05) is 6.54 Å². The minimum atomic E-state index is -0.239. The Morgan fingerprint density at radius 1 is 1.22 bits per heavy atom. The molecule has 2 aromatic rings. The van der Waals surface area contributed by atoms with Crippen molar-refractivity contribution in [2.45, 2.75) is 25.4 Å². The number of carbonyl (C=O) groups excluding carboxylic acids is 1. The lowest BCUT2D eigenvalue weighted by atomic mass is 9.96. The van der Waals surface area contributed by atoms with Gasteiger partial charge in [-0.3, -0.25) is 4.90 Å². The van der Waals surface area contributed by atoms with E-state index in [-0.39, 0.29) is 18.1 Å². The normalized spacial score (nSPS) is 19.0. The highest BCUT2D eigenvalue weighted by Gasteiger charge is 2.39. The van der Waals surface area contributed by atoms with E-state index in [1.54, 1.807) is 18.2 Å². The summed E-state index contributed by atoms with van der Waals surface area (Å²) in [6.45, 7) is 2.88. The Kier molecular flexibility index (Phi) is 4.90. The summed E-state index contributed by atoms with van der Waals surface area (Å²) in [5.41, 5.74) is 0.966. The van der Waals surface area contributed by atoms with Crippen LogP contribution in [0, 0.1) is 0 Å². The third-order valence-electron chi connectivity index (χ3n) is 4.20. The van der Waals surface area contributed by atoms with Gasteiger partial charge in [0.15, 0.2) is 0 Å². The van der Waals surface area contributed by atoms with Gasteiger partial charge in [-0.2, -0.15) is 0 Å². The first-order valence-electron chi connectivity index (χ1n) is 7.53. The molecule has 2 aromatic carbocycles. The average Bonchev–Trinajstić information content (AvgIpc) is 2.46. The fraction of sp³-hybridized carbons (Fsp3) is 0.278. The Balaban J connectivity index is 1.70. The van der Waals surface area contributed by atoms with Crippen molar-refractivity contribution in [3.63, 3.8) is 0 Å². The molecule has 120 valence electrons. The van der Waals surface area contributed by atoms with E-state index in [4.69, 9.17) is 27.9 Å². The second-order valence-electron chi connectivity index (χ2n) is 5.62. The second kappa shape index (κ2) is 6.91. The molecule has 23 heavy (non-hydrogen) atoms. The molecule has 1 aliphatic rings. The van der Waals surface area contributed by atoms with Gasteiger partial charge in [0.2, 0.25) is 0 Å². The van der Waals surface area contributed by atoms with E-state index < -0.39 is 0 Å². The van der Waals surface area contributed by atoms with Crippen molar-refractivity contribution in [2.24, 2.45) is 0 Å². The predicted octanol–water partition coefficient (Wildman–Crippen LogP) is 4.73. The van der Waals surface area contributed by atoms with Crippen molar-refractivity contribution < 1.29 is 9.53 Å². The van der Waals surface area contributed by atoms with E-state index in [1.807, 2.05) is 37.3 Å². The van der Waals surface area contributed by atoms with Crippen LogP contribution >= 0.6 is 23.2 Å². The molecule has 0 saturated carbocycles. The summed E-state index contributed by atoms with van der Waals surface area (Å²) in [4.78, 5) is 14.5. The topological polar surface area (TPSA) is 29.5 Å². The number of carbonyl (C=O) groups is 1. The van der Waals surface area contributed by atoms with Crippen LogP contribution in [0.15, 0.2) is 48.5 Å². The number of ether oxygens (including phenoxy) is 1. The van der Waals surface area contributed by atoms with Gasteiger partial charge in [0.25, 0.3) is 0 Å². The van der Waals surface area contributed by atoms with Crippen molar-refractivity contribution >= 4 is 29.2 Å². The molecule has 0 amide bonds. The first kappa shape index (κ1) is 16.3. The molecule has 3 nitrogen and oxygen atoms in total. The van der Waals surface area contributed by atoms with Crippen molar-refractivity contribution in [3.8, 4) is 5.75 Å². The highest BCUT2D eigenvalue weighted by Crippen LogP contribution is 2.35. The van der Waals surface area contributed by atoms with Gasteiger partial charge >= 0.3 is 5.97 Å². The number of hydrogen-bond acceptors (Lipinski definition) is 3. The Morgan fingerprint density at radius 3 is 2.57 bits per heavy atom. The molecular weight excluding hydrogens is 333 g/mol. The molecule has 0 aliphatic carbocycles. The standard InChI is InChI=1S/C18H17Cl2NO2/c1-12(15-8-7-13(19)11-16(15)20)21-10-9-17(21)18(22)23-14-5-3-2-4-6-14/h2-8,11-12,17H,9-10H2,1H3. The lowest BCUT2D eigenvalue weighted by molar-refractivity contribution is -0.147. The maximum absolute atomic E-state index is 12.4. The summed E-state index contributed by atoms with van der Waals surface area (Å²) in [7, 11) is 0. The van der Waals surface area contributed by atoms with Gasteiger partial charge in [0, 0.05) is 22.6 Å². The molecular formula is C18H17Cl2NO2. The molecule has 0 spiro atoms. The van der Waals surface area contributed by atoms with Gasteiger partial charge in [-0.1, -0.05) is 47.5 Å². The summed E-state index contributed by atoms with van der Waals surface area (Å²) in [5, 5.41) is 1.22. The number of esters is 1. The number of likely N-dealkylation sites (tertiary alicyclic amines) is 1. The summed E-state index contributed by atoms with van der Waals surface area (Å²) in [6.07, 6.45) is 0.793. The van der Waals surface area contributed by atoms with E-state index in [2.05, 4.69) is 4.90 Å². The Morgan fingerprint density at radius 2 is 1.96 bits per heavy atom. The maximum atomic E-state index is 12.4. The molecule has 5 heteroatoms. The lowest BCUT2D eigenvalue weighted by Crippen LogP contribution is -2.54. The zero-order valence-corrected chi connectivity index (χ0v) is 14.2. The van der Waals surface area contributed by atoms with E-state index in [9.17, 15) is 4.79 Å². The summed E-state index contributed by atoms with van der Waals surface area (Å²) >= 11 is 12.2. The fourth-order valence-electron chi connectivity index (χ4n) is 2.82. The highest BCUT2D eigenvalue weighted by atomic mass is 35.5. The Bertz CT molecular complexity index is 705. The molecule has 0 bridgehead atoms. The number of halogens is 2. The number of hydrogen-bond donors (Lipinski definition) is 0. The van der Waals surface area contributed by atoms with Gasteiger partial charge < -0.3 is 4.74 Å². The van der Waals surface area contributed by atoms with Gasteiger partial charge in [-0.25, -0.2) is 4.79 Å². The zero-order chi connectivity index (χ0) is 16.4. The van der Waals surface area contributed by atoms with Crippen LogP contribution in [0.2, 0.25) is 10.0 Å². The van der Waals surface area contributed by atoms with Gasteiger partial charge in [-0.15, -0.1) is 0 Å². The van der Waals surface area contributed by atoms with Crippen molar-refractivity contribution in [1.29, 1.82) is 0 Å². The first-order valence-corrected chi connectivity index (χ1v) is 8.29. The van der Waals surface area contributed by atoms with Crippen LogP contribution in [-0.4, -0.2) is 23.5 Å². The number of rotatable bonds is 4. The van der Waals surface area contributed by atoms with E-state index in [0.29, 0.717) is 15.8 Å². The minimum Gasteiger partial charge on any atom is -0.425 e. The summed E-state index contributed by atoms with van der Waals surface area (Å²) in [5.74, 6) is 0.348. The quantitative estimate of drug-likeness (QED) is 0.590. The van der Waals surface area contributed by atoms with Gasteiger partial charge in [0.1, 0.15) is 11.8 Å². The molecule has 1 heterocycles. The molecule has 2 atom stereocenters. The van der Waals surface area contributed by atoms with Crippen molar-refractivity contribution in [3.05, 3.63) is 64.1 Å². The zero-order valence-electron chi connectivity index (χ0n) is 12.7. The highest BCUT2D eigenvalue weighted by molar-refractivity contribution is 6.35. The van der Waals surface area contributed by atoms with Crippen LogP contribution in [0.5, 0.6) is 5.75 Å². The van der Waals surface area contributed by atoms with Gasteiger partial charge in [0.05, 0.1) is 0 Å². The molecule has 1 aliphatic heterocycles. The predicted molar refractivity (Wildman–Crippen MR) is 92.1 cm³/mol. The fourth-order valence-corrected chi connectivity index (χ4v) is 3.38. The summed E-state index contributed by atoms with van der Waals surface area (Å²) < 4.78 is 5.45. The smallest absolute Gasteiger partial charge is 0.328 e. The van der Waals surface area contributed by atoms with E-state index in [1.165, 1.54) is 0 Å². The Labute approximate surface area is 145 Å². The second-order valence-corrected chi connectivity index (χ2v) is 6.46. The third kappa shape index (κ3) is 3.52. The molecule has 1 fully saturated rings. The SMILES string of the molecule is CC(c1ccc(Cl)cc1Cl)N1CCC1C(=O)Oc1ccccc1. The minimum absolute atomic E-state index is 0.0295. The van der Waals surface area contributed by atoms with E-state index in [0.717, 1.165) is 18.5 Å². The van der Waals surface area contributed by atoms with Crippen LogP contribution < -0.4 is 4.74 Å². The monoisotopic (exact) mass is 349 g/mol. The molecule has 0 N–H and O–H groups in total. The average molecular weight is 350 g/mol. The number of nitrogens with zero attached hydrogens (tertiary/aromatic N) is 1. The van der Waals surface area contributed by atoms with Crippen LogP contribution in [-0.2, 0) is 4.79 Å². The molecule has 0 radical (unpaired) electrons. The van der Waals surface area contributed by atoms with Crippen LogP contribution in [0.1, 0.15) is 24.9 Å². The molecule has 3 rings (SSSR count).